The van der Waals surface area contributed by atoms with E-state index < -0.39 is 0 Å². The van der Waals surface area contributed by atoms with Crippen molar-refractivity contribution in [2.45, 2.75) is 0 Å². The Morgan fingerprint density at radius 1 is 0.542 bits per heavy atom. The first-order valence-electron chi connectivity index (χ1n) is 15.9. The minimum absolute atomic E-state index is 0.900. The average molecular weight is 633 g/mol. The molecule has 0 aliphatic heterocycles. The van der Waals surface area contributed by atoms with E-state index in [1.165, 1.54) is 4.70 Å². The molecule has 0 bridgehead atoms. The summed E-state index contributed by atoms with van der Waals surface area (Å²) in [6.45, 7) is 17.9. The minimum atomic E-state index is 0.900. The molecule has 8 rings (SSSR count). The molecule has 2 heterocycles. The lowest BCUT2D eigenvalue weighted by Gasteiger charge is -2.09. The van der Waals surface area contributed by atoms with Gasteiger partial charge >= 0.3 is 0 Å². The summed E-state index contributed by atoms with van der Waals surface area (Å²) < 4.78 is 8.65. The molecule has 0 saturated carbocycles. The van der Waals surface area contributed by atoms with E-state index in [9.17, 15) is 0 Å². The molecule has 0 fully saturated rings. The molecule has 0 N–H and O–H groups in total. The summed E-state index contributed by atoms with van der Waals surface area (Å²) in [5, 5.41) is 11.0. The normalized spacial score (nSPS) is 12.3. The molecule has 0 unspecified atom stereocenters. The summed E-state index contributed by atoms with van der Waals surface area (Å²) in [7, 11) is 0. The lowest BCUT2D eigenvalue weighted by atomic mass is 9.95. The molecule has 0 radical (unpaired) electrons. The van der Waals surface area contributed by atoms with Gasteiger partial charge in [-0.15, -0.1) is 11.3 Å². The Balaban J connectivity index is 1.36. The fraction of sp³-hybridized carbons (Fsp3) is 0. The first-order chi connectivity index (χ1) is 23.5. The maximum atomic E-state index is 6.48. The first-order valence-corrected chi connectivity index (χ1v) is 16.7. The van der Waals surface area contributed by atoms with E-state index >= 15 is 0 Å². The van der Waals surface area contributed by atoms with E-state index in [1.807, 2.05) is 42.5 Å². The maximum Gasteiger partial charge on any atom is 0.144 e. The second-order valence-electron chi connectivity index (χ2n) is 12.0. The van der Waals surface area contributed by atoms with E-state index in [4.69, 9.17) is 4.42 Å². The molecule has 48 heavy (non-hydrogen) atoms. The van der Waals surface area contributed by atoms with Crippen LogP contribution < -0.4 is 20.2 Å². The number of thiophene rings is 1. The van der Waals surface area contributed by atoms with Gasteiger partial charge in [0, 0.05) is 36.0 Å². The number of benzene rings is 5. The van der Waals surface area contributed by atoms with Gasteiger partial charge < -0.3 is 4.42 Å². The first kappa shape index (κ1) is 29.4. The Hall–Kier alpha value is -5.96. The van der Waals surface area contributed by atoms with Crippen molar-refractivity contribution in [1.29, 1.82) is 0 Å². The summed E-state index contributed by atoms with van der Waals surface area (Å²) in [5.74, 6) is 0. The quantitative estimate of drug-likeness (QED) is 0.188. The molecule has 228 valence electrons. The molecule has 0 saturated heterocycles. The fourth-order valence-electron chi connectivity index (χ4n) is 6.68. The van der Waals surface area contributed by atoms with Gasteiger partial charge in [0.1, 0.15) is 11.2 Å². The number of fused-ring (bicyclic) bond motifs is 8. The van der Waals surface area contributed by atoms with Gasteiger partial charge in [0.05, 0.1) is 0 Å². The predicted molar refractivity (Wildman–Crippen MR) is 211 cm³/mol. The van der Waals surface area contributed by atoms with Crippen LogP contribution in [0.2, 0.25) is 0 Å². The topological polar surface area (TPSA) is 13.1 Å². The molecule has 0 spiro atoms. The van der Waals surface area contributed by atoms with E-state index in [2.05, 4.69) is 129 Å². The Morgan fingerprint density at radius 2 is 1.12 bits per heavy atom. The van der Waals surface area contributed by atoms with Crippen molar-refractivity contribution in [3.63, 3.8) is 0 Å². The van der Waals surface area contributed by atoms with Crippen LogP contribution in [0.1, 0.15) is 11.1 Å². The van der Waals surface area contributed by atoms with Crippen molar-refractivity contribution < 1.29 is 4.42 Å². The molecule has 0 atom stereocenters. The highest BCUT2D eigenvalue weighted by Gasteiger charge is 2.15. The van der Waals surface area contributed by atoms with Gasteiger partial charge in [-0.25, -0.2) is 0 Å². The highest BCUT2D eigenvalue weighted by Crippen LogP contribution is 2.38. The van der Waals surface area contributed by atoms with E-state index in [1.54, 1.807) is 11.3 Å². The Bertz CT molecular complexity index is 2920. The number of furan rings is 1. The number of allylic oxidation sites excluding steroid dienone is 2. The van der Waals surface area contributed by atoms with E-state index in [0.717, 1.165) is 91.3 Å². The van der Waals surface area contributed by atoms with E-state index in [0.29, 0.717) is 0 Å². The largest absolute Gasteiger partial charge is 0.455 e. The molecule has 0 aliphatic rings. The smallest absolute Gasteiger partial charge is 0.144 e. The Kier molecular flexibility index (Phi) is 7.36. The number of hydrogen-bond acceptors (Lipinski definition) is 2. The van der Waals surface area contributed by atoms with Crippen molar-refractivity contribution in [2.75, 3.05) is 0 Å². The zero-order valence-electron chi connectivity index (χ0n) is 26.5. The van der Waals surface area contributed by atoms with Crippen LogP contribution in [-0.4, -0.2) is 0 Å². The van der Waals surface area contributed by atoms with Gasteiger partial charge in [0.2, 0.25) is 0 Å². The van der Waals surface area contributed by atoms with Crippen LogP contribution in [0.25, 0.3) is 90.0 Å². The summed E-state index contributed by atoms with van der Waals surface area (Å²) in [5.41, 5.74) is 5.71. The third-order valence-corrected chi connectivity index (χ3v) is 10.2. The Labute approximate surface area is 282 Å². The van der Waals surface area contributed by atoms with Crippen LogP contribution in [0, 0.1) is 0 Å². The standard InChI is InChI=1S/C46H32OS/c1-29-15-9-10-16-34(29)27-30(2)35-17-7-5-6-8-18-36(38-20-12-11-19-37(35)38)31(3)28-42-32(4)48-46-41(42)26-24-33-23-25-40-39-21-13-14-22-43(39)47-45(40)44(33)46/h5-28H,1-4H2/b6-5?,7-5?,8-6?,17-7?,18-8?,34-27-,35-17?,36-18?,37-35?,38-36?,42-28+. The third-order valence-electron chi connectivity index (χ3n) is 9.06. The summed E-state index contributed by atoms with van der Waals surface area (Å²) in [6.07, 6.45) is 4.30. The summed E-state index contributed by atoms with van der Waals surface area (Å²) in [4.78, 5) is 0. The Morgan fingerprint density at radius 3 is 1.83 bits per heavy atom. The van der Waals surface area contributed by atoms with Crippen molar-refractivity contribution in [2.24, 2.45) is 0 Å². The molecule has 0 aliphatic carbocycles. The maximum absolute atomic E-state index is 6.48. The molecule has 8 aromatic rings. The lowest BCUT2D eigenvalue weighted by Crippen LogP contribution is -2.21. The number of hydrogen-bond donors (Lipinski definition) is 0. The zero-order valence-corrected chi connectivity index (χ0v) is 27.3. The average Bonchev–Trinajstić information content (AvgIpc) is 3.64. The lowest BCUT2D eigenvalue weighted by molar-refractivity contribution is 0.673. The second-order valence-corrected chi connectivity index (χ2v) is 13.1. The summed E-state index contributed by atoms with van der Waals surface area (Å²) in [6, 6.07) is 46.1. The number of rotatable bonds is 4. The number of para-hydroxylation sites is 1. The van der Waals surface area contributed by atoms with Crippen molar-refractivity contribution in [3.8, 4) is 0 Å². The molecule has 2 heteroatoms. The third kappa shape index (κ3) is 5.04. The van der Waals surface area contributed by atoms with Gasteiger partial charge in [-0.3, -0.25) is 0 Å². The monoisotopic (exact) mass is 632 g/mol. The fourth-order valence-corrected chi connectivity index (χ4v) is 7.81. The van der Waals surface area contributed by atoms with Crippen molar-refractivity contribution in [3.05, 3.63) is 178 Å². The highest BCUT2D eigenvalue weighted by molar-refractivity contribution is 7.18. The van der Waals surface area contributed by atoms with Crippen LogP contribution in [0.5, 0.6) is 0 Å². The van der Waals surface area contributed by atoms with Gasteiger partial charge in [-0.1, -0.05) is 148 Å². The molecule has 1 nitrogen and oxygen atoms in total. The van der Waals surface area contributed by atoms with Gasteiger partial charge in [0.15, 0.2) is 0 Å². The van der Waals surface area contributed by atoms with Crippen LogP contribution in [-0.2, 0) is 0 Å². The van der Waals surface area contributed by atoms with Crippen LogP contribution in [0.4, 0.5) is 0 Å². The van der Waals surface area contributed by atoms with Gasteiger partial charge in [-0.2, -0.15) is 0 Å². The highest BCUT2D eigenvalue weighted by atomic mass is 32.1. The van der Waals surface area contributed by atoms with Gasteiger partial charge in [0.25, 0.3) is 0 Å². The predicted octanol–water partition coefficient (Wildman–Crippen LogP) is 10.0. The zero-order chi connectivity index (χ0) is 32.8. The molecule has 0 amide bonds. The summed E-state index contributed by atoms with van der Waals surface area (Å²) >= 11 is 1.71. The molecule has 2 aromatic heterocycles. The minimum Gasteiger partial charge on any atom is -0.455 e. The molecular weight excluding hydrogens is 601 g/mol. The molecule has 6 aromatic carbocycles. The van der Waals surface area contributed by atoms with Crippen molar-refractivity contribution in [1.82, 2.24) is 0 Å². The van der Waals surface area contributed by atoms with E-state index in [-0.39, 0.29) is 0 Å². The second kappa shape index (κ2) is 12.0. The molecular formula is C46H32OS. The van der Waals surface area contributed by atoms with Gasteiger partial charge in [-0.05, 0) is 73.2 Å². The van der Waals surface area contributed by atoms with Crippen LogP contribution in [0.15, 0.2) is 151 Å². The van der Waals surface area contributed by atoms with Crippen LogP contribution >= 0.6 is 11.3 Å². The van der Waals surface area contributed by atoms with Crippen LogP contribution in [0.3, 0.4) is 0 Å². The van der Waals surface area contributed by atoms with Crippen molar-refractivity contribution >= 4 is 101 Å². The SMILES string of the molecule is C=C(/C=c1/ccccc1=C)c1ccccccc(C(=C)/C=c2\c(=C)sc3c2ccc2ccc4c5ccccc5oc4c23)c2ccccc12.